The van der Waals surface area contributed by atoms with Crippen LogP contribution in [0.25, 0.3) is 22.4 Å². The molecule has 2 aliphatic rings. The molecule has 2 aliphatic carbocycles. The molecule has 0 aliphatic heterocycles. The number of anilines is 2. The van der Waals surface area contributed by atoms with Gasteiger partial charge in [-0.3, -0.25) is 4.79 Å². The van der Waals surface area contributed by atoms with Gasteiger partial charge in [-0.25, -0.2) is 24.9 Å². The maximum absolute atomic E-state index is 9.93. The number of hydrogen-bond donors (Lipinski definition) is 2. The first-order chi connectivity index (χ1) is 20.1. The smallest absolute Gasteiger partial charge is 0.153 e. The topological polar surface area (TPSA) is 143 Å². The van der Waals surface area contributed by atoms with Crippen LogP contribution in [0.3, 0.4) is 0 Å². The highest BCUT2D eigenvalue weighted by molar-refractivity contribution is 5.82. The Kier molecular flexibility index (Phi) is 8.63. The molecule has 41 heavy (non-hydrogen) atoms. The van der Waals surface area contributed by atoms with Gasteiger partial charge in [0.15, 0.2) is 6.29 Å². The van der Waals surface area contributed by atoms with Gasteiger partial charge >= 0.3 is 0 Å². The second kappa shape index (κ2) is 12.9. The van der Waals surface area contributed by atoms with Crippen LogP contribution < -0.4 is 20.5 Å². The highest BCUT2D eigenvalue weighted by atomic mass is 16.5. The van der Waals surface area contributed by atoms with Gasteiger partial charge in [0, 0.05) is 49.0 Å². The third kappa shape index (κ3) is 7.13. The molecule has 3 N–H and O–H groups in total. The largest absolute Gasteiger partial charge is 0.497 e. The van der Waals surface area contributed by atoms with Gasteiger partial charge in [-0.1, -0.05) is 0 Å². The third-order valence-electron chi connectivity index (χ3n) is 6.54. The van der Waals surface area contributed by atoms with Crippen LogP contribution in [0.1, 0.15) is 42.1 Å². The lowest BCUT2D eigenvalue weighted by molar-refractivity contribution is 0.112. The number of aromatic nitrogens is 6. The number of nitrogens with two attached hydrogens (primary N) is 1. The minimum absolute atomic E-state index is 0.507. The first kappa shape index (κ1) is 27.5. The molecular formula is C30H32N8O3. The number of methoxy groups -OCH3 is 2. The molecule has 210 valence electrons. The number of nitrogens with zero attached hydrogens (tertiary/aromatic N) is 6. The Morgan fingerprint density at radius 1 is 0.878 bits per heavy atom. The van der Waals surface area contributed by atoms with Crippen molar-refractivity contribution in [3.8, 4) is 22.9 Å². The van der Waals surface area contributed by atoms with Gasteiger partial charge < -0.3 is 25.1 Å². The van der Waals surface area contributed by atoms with Crippen LogP contribution in [-0.2, 0) is 0 Å². The van der Waals surface area contributed by atoms with Crippen molar-refractivity contribution < 1.29 is 14.3 Å². The zero-order chi connectivity index (χ0) is 28.6. The second-order valence-electron chi connectivity index (χ2n) is 9.68. The zero-order valence-corrected chi connectivity index (χ0v) is 23.0. The molecule has 0 amide bonds. The SMILES string of the molecule is COc1ccc(N)c(NC2CC2)c1.COc1ccc2nc(-c3cncnc3)n(C3CC3)c2c1.O=Cc1cncnc1. The molecule has 2 fully saturated rings. The van der Waals surface area contributed by atoms with E-state index in [0.29, 0.717) is 23.9 Å². The van der Waals surface area contributed by atoms with Gasteiger partial charge in [0.1, 0.15) is 30.0 Å². The molecule has 0 radical (unpaired) electrons. The molecule has 2 saturated carbocycles. The van der Waals surface area contributed by atoms with Gasteiger partial charge in [-0.15, -0.1) is 0 Å². The van der Waals surface area contributed by atoms with Gasteiger partial charge in [0.05, 0.1) is 47.8 Å². The average Bonchev–Trinajstić information content (AvgIpc) is 3.98. The van der Waals surface area contributed by atoms with E-state index in [9.17, 15) is 4.79 Å². The maximum Gasteiger partial charge on any atom is 0.153 e. The van der Waals surface area contributed by atoms with E-state index in [1.807, 2.05) is 48.8 Å². The third-order valence-corrected chi connectivity index (χ3v) is 6.54. The van der Waals surface area contributed by atoms with E-state index in [1.165, 1.54) is 50.7 Å². The molecule has 0 bridgehead atoms. The average molecular weight is 553 g/mol. The van der Waals surface area contributed by atoms with Crippen molar-refractivity contribution in [1.29, 1.82) is 0 Å². The van der Waals surface area contributed by atoms with E-state index in [2.05, 4.69) is 29.8 Å². The summed E-state index contributed by atoms with van der Waals surface area (Å²) in [6.45, 7) is 0. The van der Waals surface area contributed by atoms with E-state index in [-0.39, 0.29) is 0 Å². The fourth-order valence-corrected chi connectivity index (χ4v) is 4.13. The number of fused-ring (bicyclic) bond motifs is 1. The Hall–Kier alpha value is -5.06. The molecule has 7 rings (SSSR count). The number of nitrogens with one attached hydrogen (secondary N) is 1. The Morgan fingerprint density at radius 3 is 2.10 bits per heavy atom. The normalized spacial score (nSPS) is 13.7. The molecule has 5 aromatic rings. The van der Waals surface area contributed by atoms with Crippen LogP contribution in [0.15, 0.2) is 73.8 Å². The zero-order valence-electron chi connectivity index (χ0n) is 23.0. The number of hydrogen-bond acceptors (Lipinski definition) is 10. The summed E-state index contributed by atoms with van der Waals surface area (Å²) in [6, 6.07) is 12.8. The summed E-state index contributed by atoms with van der Waals surface area (Å²) >= 11 is 0. The number of ether oxygens (including phenoxy) is 2. The van der Waals surface area contributed by atoms with Crippen LogP contribution in [0.4, 0.5) is 11.4 Å². The summed E-state index contributed by atoms with van der Waals surface area (Å²) in [7, 11) is 3.34. The monoisotopic (exact) mass is 552 g/mol. The van der Waals surface area contributed by atoms with Crippen molar-refractivity contribution >= 4 is 28.7 Å². The molecule has 0 unspecified atom stereocenters. The minimum Gasteiger partial charge on any atom is -0.497 e. The predicted octanol–water partition coefficient (Wildman–Crippen LogP) is 4.98. The van der Waals surface area contributed by atoms with Gasteiger partial charge in [-0.2, -0.15) is 0 Å². The molecule has 3 aromatic heterocycles. The van der Waals surface area contributed by atoms with E-state index in [1.54, 1.807) is 14.2 Å². The van der Waals surface area contributed by atoms with Crippen LogP contribution in [0.2, 0.25) is 0 Å². The highest BCUT2D eigenvalue weighted by Gasteiger charge is 2.29. The van der Waals surface area contributed by atoms with E-state index in [0.717, 1.165) is 45.3 Å². The number of aldehydes is 1. The van der Waals surface area contributed by atoms with Crippen molar-refractivity contribution in [1.82, 2.24) is 29.5 Å². The van der Waals surface area contributed by atoms with E-state index in [4.69, 9.17) is 20.2 Å². The second-order valence-corrected chi connectivity index (χ2v) is 9.68. The first-order valence-corrected chi connectivity index (χ1v) is 13.3. The number of carbonyl (C=O) groups is 1. The van der Waals surface area contributed by atoms with Gasteiger partial charge in [-0.05, 0) is 49.9 Å². The predicted molar refractivity (Wildman–Crippen MR) is 157 cm³/mol. The molecule has 11 nitrogen and oxygen atoms in total. The lowest BCUT2D eigenvalue weighted by Crippen LogP contribution is -2.04. The minimum atomic E-state index is 0.507. The highest BCUT2D eigenvalue weighted by Crippen LogP contribution is 2.41. The summed E-state index contributed by atoms with van der Waals surface area (Å²) in [5.74, 6) is 2.64. The molecule has 2 aromatic carbocycles. The Labute approximate surface area is 237 Å². The van der Waals surface area contributed by atoms with Crippen LogP contribution >= 0.6 is 0 Å². The van der Waals surface area contributed by atoms with Crippen molar-refractivity contribution in [2.75, 3.05) is 25.3 Å². The van der Waals surface area contributed by atoms with Crippen molar-refractivity contribution in [2.45, 2.75) is 37.8 Å². The molecule has 0 spiro atoms. The first-order valence-electron chi connectivity index (χ1n) is 13.3. The lowest BCUT2D eigenvalue weighted by Gasteiger charge is -2.09. The summed E-state index contributed by atoms with van der Waals surface area (Å²) in [6.07, 6.45) is 15.1. The number of imidazole rings is 1. The lowest BCUT2D eigenvalue weighted by atomic mass is 10.2. The molecule has 0 saturated heterocycles. The summed E-state index contributed by atoms with van der Waals surface area (Å²) in [5, 5.41) is 3.35. The molecule has 11 heteroatoms. The Bertz CT molecular complexity index is 1590. The fraction of sp³-hybridized carbons (Fsp3) is 0.267. The Balaban J connectivity index is 0.000000138. The number of nitrogen functional groups attached to an aromatic ring is 1. The van der Waals surface area contributed by atoms with Crippen LogP contribution in [-0.4, -0.2) is 56.0 Å². The number of carbonyl (C=O) groups excluding carboxylic acids is 1. The van der Waals surface area contributed by atoms with E-state index < -0.39 is 0 Å². The van der Waals surface area contributed by atoms with Crippen molar-refractivity contribution in [3.05, 3.63) is 79.4 Å². The summed E-state index contributed by atoms with van der Waals surface area (Å²) in [4.78, 5) is 30.1. The molecule has 3 heterocycles. The summed E-state index contributed by atoms with van der Waals surface area (Å²) < 4.78 is 12.7. The Morgan fingerprint density at radius 2 is 1.51 bits per heavy atom. The van der Waals surface area contributed by atoms with E-state index >= 15 is 0 Å². The standard InChI is InChI=1S/C15H14N4O.C10H14N2O.C5H4N2O/c1-20-12-4-5-13-14(6-12)19(11-2-3-11)15(18-13)10-7-16-9-17-8-10;1-13-8-4-5-9(11)10(6-8)12-7-2-3-7;8-3-5-1-6-4-7-2-5/h4-9,11H,2-3H2,1H3;4-7,12H,2-3,11H2,1H3;1-4H. The number of rotatable bonds is 7. The van der Waals surface area contributed by atoms with Gasteiger partial charge in [0.25, 0.3) is 0 Å². The van der Waals surface area contributed by atoms with Crippen molar-refractivity contribution in [2.24, 2.45) is 0 Å². The maximum atomic E-state index is 9.93. The fourth-order valence-electron chi connectivity index (χ4n) is 4.13. The number of benzene rings is 2. The van der Waals surface area contributed by atoms with Crippen LogP contribution in [0.5, 0.6) is 11.5 Å². The summed E-state index contributed by atoms with van der Waals surface area (Å²) in [5.41, 5.74) is 11.1. The van der Waals surface area contributed by atoms with Crippen molar-refractivity contribution in [3.63, 3.8) is 0 Å². The van der Waals surface area contributed by atoms with Gasteiger partial charge in [0.2, 0.25) is 0 Å². The molecular weight excluding hydrogens is 520 g/mol. The molecule has 0 atom stereocenters. The van der Waals surface area contributed by atoms with Crippen LogP contribution in [0, 0.1) is 0 Å². The quantitative estimate of drug-likeness (QED) is 0.210.